The van der Waals surface area contributed by atoms with Gasteiger partial charge in [-0.05, 0) is 24.7 Å². The Hall–Kier alpha value is -1.53. The van der Waals surface area contributed by atoms with Crippen molar-refractivity contribution in [3.05, 3.63) is 41.5 Å². The zero-order valence-electron chi connectivity index (χ0n) is 12.9. The average molecular weight is 319 g/mol. The molecule has 22 heavy (non-hydrogen) atoms. The number of hydrogen-bond donors (Lipinski definition) is 1. The number of para-hydroxylation sites is 1. The van der Waals surface area contributed by atoms with Crippen LogP contribution in [0.1, 0.15) is 36.2 Å². The Morgan fingerprint density at radius 1 is 1.41 bits per heavy atom. The zero-order valence-corrected chi connectivity index (χ0v) is 13.7. The van der Waals surface area contributed by atoms with Gasteiger partial charge in [-0.2, -0.15) is 16.7 Å². The van der Waals surface area contributed by atoms with Crippen LogP contribution in [-0.2, 0) is 0 Å². The molecule has 118 valence electrons. The van der Waals surface area contributed by atoms with Gasteiger partial charge < -0.3 is 9.26 Å². The topological polar surface area (TPSA) is 60.2 Å². The number of nitrogens with one attached hydrogen (secondary N) is 1. The van der Waals surface area contributed by atoms with E-state index in [-0.39, 0.29) is 6.04 Å². The van der Waals surface area contributed by atoms with Gasteiger partial charge in [-0.15, -0.1) is 0 Å². The maximum atomic E-state index is 5.51. The summed E-state index contributed by atoms with van der Waals surface area (Å²) in [6.07, 6.45) is 2.42. The number of methoxy groups -OCH3 is 1. The molecule has 1 aliphatic heterocycles. The monoisotopic (exact) mass is 319 g/mol. The third-order valence-corrected chi connectivity index (χ3v) is 5.03. The molecular formula is C16H21N3O2S. The van der Waals surface area contributed by atoms with Gasteiger partial charge in [0.25, 0.3) is 0 Å². The van der Waals surface area contributed by atoms with Gasteiger partial charge in [0, 0.05) is 24.3 Å². The molecule has 0 bridgehead atoms. The molecule has 6 heteroatoms. The molecule has 1 saturated heterocycles. The minimum atomic E-state index is -0.114. The van der Waals surface area contributed by atoms with Gasteiger partial charge in [0.2, 0.25) is 5.89 Å². The van der Waals surface area contributed by atoms with Crippen LogP contribution in [0.4, 0.5) is 0 Å². The fourth-order valence-electron chi connectivity index (χ4n) is 2.75. The van der Waals surface area contributed by atoms with E-state index in [0.717, 1.165) is 17.1 Å². The van der Waals surface area contributed by atoms with Gasteiger partial charge in [-0.25, -0.2) is 0 Å². The summed E-state index contributed by atoms with van der Waals surface area (Å²) in [5.41, 5.74) is 1.04. The first-order valence-electron chi connectivity index (χ1n) is 7.55. The highest BCUT2D eigenvalue weighted by Gasteiger charge is 2.26. The second kappa shape index (κ2) is 7.15. The van der Waals surface area contributed by atoms with Crippen molar-refractivity contribution in [1.82, 2.24) is 15.5 Å². The summed E-state index contributed by atoms with van der Waals surface area (Å²) >= 11 is 1.99. The van der Waals surface area contributed by atoms with E-state index >= 15 is 0 Å². The van der Waals surface area contributed by atoms with Crippen LogP contribution in [0.2, 0.25) is 0 Å². The maximum Gasteiger partial charge on any atom is 0.223 e. The van der Waals surface area contributed by atoms with E-state index < -0.39 is 0 Å². The van der Waals surface area contributed by atoms with E-state index in [9.17, 15) is 0 Å². The second-order valence-corrected chi connectivity index (χ2v) is 6.58. The molecule has 0 amide bonds. The Kier molecular flexibility index (Phi) is 5.00. The van der Waals surface area contributed by atoms with Gasteiger partial charge in [0.1, 0.15) is 11.8 Å². The molecule has 3 rings (SSSR count). The number of ether oxygens (including phenoxy) is 1. The highest BCUT2D eigenvalue weighted by molar-refractivity contribution is 7.99. The molecule has 1 N–H and O–H groups in total. The van der Waals surface area contributed by atoms with E-state index in [2.05, 4.69) is 21.5 Å². The molecular weight excluding hydrogens is 298 g/mol. The Balaban J connectivity index is 1.91. The normalized spacial score (nSPS) is 19.8. The van der Waals surface area contributed by atoms with Crippen molar-refractivity contribution in [1.29, 1.82) is 0 Å². The smallest absolute Gasteiger partial charge is 0.223 e. The van der Waals surface area contributed by atoms with Gasteiger partial charge in [-0.1, -0.05) is 23.4 Å². The quantitative estimate of drug-likeness (QED) is 0.914. The molecule has 0 radical (unpaired) electrons. The van der Waals surface area contributed by atoms with E-state index in [1.807, 2.05) is 36.9 Å². The summed E-state index contributed by atoms with van der Waals surface area (Å²) in [4.78, 5) is 4.43. The first-order valence-corrected chi connectivity index (χ1v) is 8.70. The van der Waals surface area contributed by atoms with Crippen LogP contribution in [-0.4, -0.2) is 34.8 Å². The van der Waals surface area contributed by atoms with Crippen LogP contribution in [0.5, 0.6) is 5.75 Å². The van der Waals surface area contributed by atoms with E-state index in [4.69, 9.17) is 9.26 Å². The summed E-state index contributed by atoms with van der Waals surface area (Å²) in [6.45, 7) is 1.81. The first kappa shape index (κ1) is 15.4. The maximum absolute atomic E-state index is 5.51. The number of rotatable bonds is 5. The first-order chi connectivity index (χ1) is 10.8. The molecule has 0 spiro atoms. The zero-order chi connectivity index (χ0) is 15.4. The lowest BCUT2D eigenvalue weighted by Gasteiger charge is -2.27. The Labute approximate surface area is 134 Å². The number of hydrogen-bond acceptors (Lipinski definition) is 6. The molecule has 2 atom stereocenters. The van der Waals surface area contributed by atoms with Crippen LogP contribution >= 0.6 is 11.8 Å². The van der Waals surface area contributed by atoms with Crippen molar-refractivity contribution in [3.63, 3.8) is 0 Å². The van der Waals surface area contributed by atoms with Crippen molar-refractivity contribution in [2.45, 2.75) is 31.8 Å². The standard InChI is InChI=1S/C16H21N3O2S/c1-11-17-16(19-21-11)15(18-12-6-5-9-22-10-12)13-7-3-4-8-14(13)20-2/h3-4,7-8,12,15,18H,5-6,9-10H2,1-2H3/t12-,15-/m0/s1. The largest absolute Gasteiger partial charge is 0.496 e. The number of nitrogens with zero attached hydrogens (tertiary/aromatic N) is 2. The van der Waals surface area contributed by atoms with Gasteiger partial charge in [0.05, 0.1) is 7.11 Å². The fraction of sp³-hybridized carbons (Fsp3) is 0.500. The third-order valence-electron chi connectivity index (χ3n) is 3.81. The van der Waals surface area contributed by atoms with E-state index in [1.54, 1.807) is 7.11 Å². The molecule has 0 unspecified atom stereocenters. The van der Waals surface area contributed by atoms with Crippen molar-refractivity contribution >= 4 is 11.8 Å². The van der Waals surface area contributed by atoms with Crippen LogP contribution in [0, 0.1) is 6.92 Å². The van der Waals surface area contributed by atoms with E-state index in [0.29, 0.717) is 17.8 Å². The van der Waals surface area contributed by atoms with Gasteiger partial charge >= 0.3 is 0 Å². The molecule has 0 aliphatic carbocycles. The van der Waals surface area contributed by atoms with Crippen LogP contribution in [0.25, 0.3) is 0 Å². The average Bonchev–Trinajstić information content (AvgIpc) is 3.00. The number of aromatic nitrogens is 2. The van der Waals surface area contributed by atoms with Gasteiger partial charge in [0.15, 0.2) is 5.82 Å². The highest BCUT2D eigenvalue weighted by atomic mass is 32.2. The molecule has 1 aliphatic rings. The van der Waals surface area contributed by atoms with E-state index in [1.165, 1.54) is 18.6 Å². The van der Waals surface area contributed by atoms with Gasteiger partial charge in [-0.3, -0.25) is 5.32 Å². The lowest BCUT2D eigenvalue weighted by Crippen LogP contribution is -2.37. The molecule has 1 fully saturated rings. The Bertz CT molecular complexity index is 611. The summed E-state index contributed by atoms with van der Waals surface area (Å²) in [5.74, 6) is 4.44. The molecule has 2 aromatic rings. The number of aryl methyl sites for hydroxylation is 1. The molecule has 1 aromatic heterocycles. The SMILES string of the molecule is COc1ccccc1[C@H](N[C@H]1CCCSC1)c1noc(C)n1. The molecule has 2 heterocycles. The fourth-order valence-corrected chi connectivity index (χ4v) is 3.83. The minimum Gasteiger partial charge on any atom is -0.496 e. The van der Waals surface area contributed by atoms with Crippen molar-refractivity contribution in [2.24, 2.45) is 0 Å². The molecule has 1 aromatic carbocycles. The minimum absolute atomic E-state index is 0.114. The number of benzene rings is 1. The second-order valence-electron chi connectivity index (χ2n) is 5.43. The van der Waals surface area contributed by atoms with Crippen molar-refractivity contribution in [2.75, 3.05) is 18.6 Å². The summed E-state index contributed by atoms with van der Waals surface area (Å²) in [5, 5.41) is 7.81. The third kappa shape index (κ3) is 3.44. The lowest BCUT2D eigenvalue weighted by molar-refractivity contribution is 0.369. The predicted molar refractivity (Wildman–Crippen MR) is 87.4 cm³/mol. The Morgan fingerprint density at radius 3 is 2.95 bits per heavy atom. The van der Waals surface area contributed by atoms with Crippen LogP contribution in [0.15, 0.2) is 28.8 Å². The summed E-state index contributed by atoms with van der Waals surface area (Å²) < 4.78 is 10.7. The summed E-state index contributed by atoms with van der Waals surface area (Å²) in [7, 11) is 1.69. The van der Waals surface area contributed by atoms with Crippen molar-refractivity contribution < 1.29 is 9.26 Å². The predicted octanol–water partition coefficient (Wildman–Crippen LogP) is 2.96. The van der Waals surface area contributed by atoms with Crippen LogP contribution < -0.4 is 10.1 Å². The summed E-state index contributed by atoms with van der Waals surface area (Å²) in [6, 6.07) is 8.33. The van der Waals surface area contributed by atoms with Crippen LogP contribution in [0.3, 0.4) is 0 Å². The molecule has 0 saturated carbocycles. The lowest BCUT2D eigenvalue weighted by atomic mass is 10.0. The highest BCUT2D eigenvalue weighted by Crippen LogP contribution is 2.30. The Morgan fingerprint density at radius 2 is 2.27 bits per heavy atom. The molecule has 5 nitrogen and oxygen atoms in total. The van der Waals surface area contributed by atoms with Crippen molar-refractivity contribution in [3.8, 4) is 5.75 Å². The number of thioether (sulfide) groups is 1.